The highest BCUT2D eigenvalue weighted by Crippen LogP contribution is 2.30. The monoisotopic (exact) mass is 729 g/mol. The molecule has 0 bridgehead atoms. The summed E-state index contributed by atoms with van der Waals surface area (Å²) in [6.07, 6.45) is 4.40. The summed E-state index contributed by atoms with van der Waals surface area (Å²) < 4.78 is 0. The Morgan fingerprint density at radius 3 is 1.89 bits per heavy atom. The van der Waals surface area contributed by atoms with Gasteiger partial charge in [0, 0.05) is 50.2 Å². The Morgan fingerprint density at radius 2 is 1.36 bits per heavy atom. The lowest BCUT2D eigenvalue weighted by Crippen LogP contribution is -2.59. The van der Waals surface area contributed by atoms with E-state index in [0.29, 0.717) is 18.8 Å². The van der Waals surface area contributed by atoms with Gasteiger partial charge in [-0.1, -0.05) is 81.4 Å². The average Bonchev–Trinajstić information content (AvgIpc) is 3.87. The van der Waals surface area contributed by atoms with Gasteiger partial charge < -0.3 is 36.3 Å². The smallest absolute Gasteiger partial charge is 0.303 e. The third-order valence-electron chi connectivity index (χ3n) is 9.18. The molecule has 3 aromatic rings. The molecule has 1 aliphatic heterocycles. The molecule has 284 valence electrons. The van der Waals surface area contributed by atoms with Gasteiger partial charge in [-0.15, -0.1) is 0 Å². The fourth-order valence-corrected chi connectivity index (χ4v) is 6.46. The van der Waals surface area contributed by atoms with Crippen LogP contribution in [0.4, 0.5) is 0 Å². The van der Waals surface area contributed by atoms with Crippen LogP contribution < -0.4 is 21.3 Å². The lowest BCUT2D eigenvalue weighted by atomic mass is 9.84. The predicted molar refractivity (Wildman–Crippen MR) is 197 cm³/mol. The Bertz CT molecular complexity index is 1620. The molecule has 0 spiro atoms. The molecular formula is C39H51N7O7. The maximum Gasteiger partial charge on any atom is 0.303 e. The van der Waals surface area contributed by atoms with Gasteiger partial charge in [0.25, 0.3) is 0 Å². The molecule has 6 N–H and O–H groups in total. The van der Waals surface area contributed by atoms with Gasteiger partial charge in [-0.05, 0) is 42.7 Å². The van der Waals surface area contributed by atoms with E-state index >= 15 is 0 Å². The fraction of sp³-hybridized carbons (Fsp3) is 0.462. The van der Waals surface area contributed by atoms with E-state index in [1.54, 1.807) is 11.8 Å². The van der Waals surface area contributed by atoms with Crippen LogP contribution in [0.3, 0.4) is 0 Å². The van der Waals surface area contributed by atoms with Crippen molar-refractivity contribution < 1.29 is 33.9 Å². The average molecular weight is 730 g/mol. The van der Waals surface area contributed by atoms with E-state index in [2.05, 4.69) is 31.2 Å². The summed E-state index contributed by atoms with van der Waals surface area (Å²) in [5, 5.41) is 20.3. The van der Waals surface area contributed by atoms with Crippen molar-refractivity contribution in [3.8, 4) is 0 Å². The minimum Gasteiger partial charge on any atom is -0.481 e. The molecule has 2 heterocycles. The summed E-state index contributed by atoms with van der Waals surface area (Å²) in [5.41, 5.74) is 2.21. The summed E-state index contributed by atoms with van der Waals surface area (Å²) >= 11 is 0. The van der Waals surface area contributed by atoms with E-state index < -0.39 is 59.7 Å². The zero-order chi connectivity index (χ0) is 38.3. The van der Waals surface area contributed by atoms with E-state index in [0.717, 1.165) is 24.0 Å². The van der Waals surface area contributed by atoms with Crippen molar-refractivity contribution in [1.82, 2.24) is 36.1 Å². The van der Waals surface area contributed by atoms with Crippen LogP contribution in [0.5, 0.6) is 0 Å². The number of aromatic nitrogens is 2. The first kappa shape index (κ1) is 40.2. The number of nitrogens with zero attached hydrogens (tertiary/aromatic N) is 2. The number of benzene rings is 2. The van der Waals surface area contributed by atoms with Crippen molar-refractivity contribution in [3.05, 3.63) is 90.0 Å². The molecule has 0 unspecified atom stereocenters. The first-order valence-corrected chi connectivity index (χ1v) is 18.2. The molecular weight excluding hydrogens is 678 g/mol. The molecule has 0 radical (unpaired) electrons. The highest BCUT2D eigenvalue weighted by Gasteiger charge is 2.38. The van der Waals surface area contributed by atoms with Crippen LogP contribution in [-0.4, -0.2) is 92.7 Å². The standard InChI is InChI=1S/C39H51N7O7/c1-4-29(43-37(51)30(17-18-33(48)49)42-32(47)21-25(2)3)36(50)44-31(22-28-23-40-24-41-28)38(52)45-35(39(53)46-19-11-12-20-46)34(26-13-7-5-8-14-26)27-15-9-6-10-16-27/h5-10,13-16,23-25,29-31,34-35H,4,11-12,17-22H2,1-3H3,(H,40,41)(H,42,47)(H,43,51)(H,44,50)(H,45,52)(H,48,49)/t29-,30-,31-,35-/m0/s1. The topological polar surface area (TPSA) is 203 Å². The third-order valence-corrected chi connectivity index (χ3v) is 9.18. The first-order chi connectivity index (χ1) is 25.5. The number of carboxylic acid groups (broad SMARTS) is 1. The quantitative estimate of drug-likeness (QED) is 0.108. The summed E-state index contributed by atoms with van der Waals surface area (Å²) in [7, 11) is 0. The molecule has 4 atom stereocenters. The highest BCUT2D eigenvalue weighted by atomic mass is 16.4. The number of carboxylic acids is 1. The van der Waals surface area contributed by atoms with Gasteiger partial charge in [0.2, 0.25) is 29.5 Å². The van der Waals surface area contributed by atoms with Crippen LogP contribution >= 0.6 is 0 Å². The SMILES string of the molecule is CC[C@H](NC(=O)[C@H](CCC(=O)O)NC(=O)CC(C)C)C(=O)N[C@@H](Cc1cnc[nH]1)C(=O)N[C@H](C(=O)N1CCCC1)C(c1ccccc1)c1ccccc1. The second kappa shape index (κ2) is 19.9. The Balaban J connectivity index is 1.60. The van der Waals surface area contributed by atoms with Crippen LogP contribution in [0, 0.1) is 5.92 Å². The molecule has 1 fully saturated rings. The van der Waals surface area contributed by atoms with E-state index in [1.165, 1.54) is 12.5 Å². The van der Waals surface area contributed by atoms with Gasteiger partial charge in [-0.25, -0.2) is 4.98 Å². The summed E-state index contributed by atoms with van der Waals surface area (Å²) in [5.74, 6) is -4.32. The number of amides is 5. The van der Waals surface area contributed by atoms with Crippen LogP contribution in [-0.2, 0) is 35.2 Å². The number of H-pyrrole nitrogens is 1. The molecule has 5 amide bonds. The lowest BCUT2D eigenvalue weighted by molar-refractivity contribution is -0.139. The van der Waals surface area contributed by atoms with Crippen LogP contribution in [0.1, 0.15) is 82.0 Å². The van der Waals surface area contributed by atoms with Crippen LogP contribution in [0.2, 0.25) is 0 Å². The first-order valence-electron chi connectivity index (χ1n) is 18.2. The van der Waals surface area contributed by atoms with Gasteiger partial charge in [0.05, 0.1) is 6.33 Å². The summed E-state index contributed by atoms with van der Waals surface area (Å²) in [6, 6.07) is 14.4. The van der Waals surface area contributed by atoms with Crippen LogP contribution in [0.15, 0.2) is 73.2 Å². The highest BCUT2D eigenvalue weighted by molar-refractivity contribution is 5.96. The van der Waals surface area contributed by atoms with Crippen molar-refractivity contribution in [3.63, 3.8) is 0 Å². The Kier molecular flexibility index (Phi) is 15.1. The Morgan fingerprint density at radius 1 is 0.792 bits per heavy atom. The number of hydrogen-bond donors (Lipinski definition) is 6. The lowest BCUT2D eigenvalue weighted by Gasteiger charge is -2.33. The molecule has 1 saturated heterocycles. The van der Waals surface area contributed by atoms with E-state index in [9.17, 15) is 33.9 Å². The van der Waals surface area contributed by atoms with Crippen molar-refractivity contribution in [2.24, 2.45) is 5.92 Å². The molecule has 2 aromatic carbocycles. The van der Waals surface area contributed by atoms with Gasteiger partial charge in [-0.2, -0.15) is 0 Å². The molecule has 53 heavy (non-hydrogen) atoms. The molecule has 14 nitrogen and oxygen atoms in total. The fourth-order valence-electron chi connectivity index (χ4n) is 6.46. The number of nitrogens with one attached hydrogen (secondary N) is 5. The zero-order valence-electron chi connectivity index (χ0n) is 30.5. The maximum absolute atomic E-state index is 14.4. The predicted octanol–water partition coefficient (Wildman–Crippen LogP) is 2.67. The zero-order valence-corrected chi connectivity index (χ0v) is 30.5. The van der Waals surface area contributed by atoms with Gasteiger partial charge in [-0.3, -0.25) is 28.8 Å². The van der Waals surface area contributed by atoms with Crippen molar-refractivity contribution in [2.45, 2.75) is 95.8 Å². The number of aromatic amines is 1. The van der Waals surface area contributed by atoms with Gasteiger partial charge in [0.15, 0.2) is 0 Å². The molecule has 1 aliphatic rings. The second-order valence-electron chi connectivity index (χ2n) is 13.8. The van der Waals surface area contributed by atoms with Gasteiger partial charge >= 0.3 is 5.97 Å². The molecule has 1 aromatic heterocycles. The maximum atomic E-state index is 14.4. The molecule has 4 rings (SSSR count). The minimum absolute atomic E-state index is 0.000412. The number of rotatable bonds is 19. The molecule has 14 heteroatoms. The van der Waals surface area contributed by atoms with E-state index in [4.69, 9.17) is 0 Å². The third kappa shape index (κ3) is 12.0. The van der Waals surface area contributed by atoms with Gasteiger partial charge in [0.1, 0.15) is 24.2 Å². The second-order valence-corrected chi connectivity index (χ2v) is 13.8. The molecule has 0 aliphatic carbocycles. The number of hydrogen-bond acceptors (Lipinski definition) is 7. The Hall–Kier alpha value is -5.53. The largest absolute Gasteiger partial charge is 0.481 e. The van der Waals surface area contributed by atoms with E-state index in [1.807, 2.05) is 74.5 Å². The number of aliphatic carboxylic acids is 1. The minimum atomic E-state index is -1.19. The summed E-state index contributed by atoms with van der Waals surface area (Å²) in [4.78, 5) is 88.5. The van der Waals surface area contributed by atoms with Crippen molar-refractivity contribution in [1.29, 1.82) is 0 Å². The van der Waals surface area contributed by atoms with Crippen LogP contribution in [0.25, 0.3) is 0 Å². The van der Waals surface area contributed by atoms with Crippen molar-refractivity contribution >= 4 is 35.5 Å². The van der Waals surface area contributed by atoms with Crippen molar-refractivity contribution in [2.75, 3.05) is 13.1 Å². The Labute approximate surface area is 309 Å². The number of likely N-dealkylation sites (tertiary alicyclic amines) is 1. The normalized spacial score (nSPS) is 14.9. The van der Waals surface area contributed by atoms with E-state index in [-0.39, 0.29) is 43.9 Å². The number of carbonyl (C=O) groups is 6. The number of carbonyl (C=O) groups excluding carboxylic acids is 5. The molecule has 0 saturated carbocycles. The number of imidazole rings is 1. The summed E-state index contributed by atoms with van der Waals surface area (Å²) in [6.45, 7) is 6.49.